The van der Waals surface area contributed by atoms with Crippen molar-refractivity contribution in [1.82, 2.24) is 4.90 Å². The van der Waals surface area contributed by atoms with Gasteiger partial charge < -0.3 is 10.0 Å². The number of hydrogen-bond acceptors (Lipinski definition) is 2. The first-order valence-corrected chi connectivity index (χ1v) is 7.90. The maximum Gasteiger partial charge on any atom is 0.309 e. The lowest BCUT2D eigenvalue weighted by atomic mass is 9.93. The lowest BCUT2D eigenvalue weighted by Gasteiger charge is -2.31. The number of amides is 1. The Hall–Kier alpha value is -0.880. The van der Waals surface area contributed by atoms with Gasteiger partial charge in [-0.3, -0.25) is 9.59 Å². The Balaban J connectivity index is 2.48. The van der Waals surface area contributed by atoms with Gasteiger partial charge in [0.1, 0.15) is 0 Å². The second-order valence-corrected chi connectivity index (χ2v) is 6.87. The van der Waals surface area contributed by atoms with Gasteiger partial charge in [-0.25, -0.2) is 0 Å². The summed E-state index contributed by atoms with van der Waals surface area (Å²) in [5, 5.41) is 9.39. The van der Waals surface area contributed by atoms with Crippen LogP contribution in [0.1, 0.15) is 31.9 Å². The number of carbonyl (C=O) groups excluding carboxylic acids is 1. The van der Waals surface area contributed by atoms with Crippen LogP contribution in [-0.2, 0) is 9.59 Å². The van der Waals surface area contributed by atoms with Crippen LogP contribution in [-0.4, -0.2) is 27.9 Å². The fourth-order valence-corrected chi connectivity index (χ4v) is 3.32. The minimum atomic E-state index is -0.925. The zero-order chi connectivity index (χ0) is 15.0. The van der Waals surface area contributed by atoms with Gasteiger partial charge in [-0.15, -0.1) is 0 Å². The number of carboxylic acids is 1. The molecule has 1 fully saturated rings. The van der Waals surface area contributed by atoms with E-state index >= 15 is 0 Å². The van der Waals surface area contributed by atoms with Gasteiger partial charge in [-0.05, 0) is 63.4 Å². The fraction of sp³-hybridized carbons (Fsp3) is 0.429. The molecule has 20 heavy (non-hydrogen) atoms. The molecule has 1 aromatic rings. The molecule has 108 valence electrons. The van der Waals surface area contributed by atoms with Crippen LogP contribution in [0, 0.1) is 5.92 Å². The molecule has 0 aromatic heterocycles. The van der Waals surface area contributed by atoms with Crippen molar-refractivity contribution in [2.75, 3.05) is 0 Å². The Kier molecular flexibility index (Phi) is 4.54. The molecule has 2 unspecified atom stereocenters. The van der Waals surface area contributed by atoms with E-state index in [2.05, 4.69) is 31.9 Å². The number of carboxylic acid groups (broad SMARTS) is 1. The molecule has 2 rings (SSSR count). The van der Waals surface area contributed by atoms with E-state index < -0.39 is 17.9 Å². The number of benzene rings is 1. The number of likely N-dealkylation sites (tertiary alicyclic amines) is 1. The van der Waals surface area contributed by atoms with Gasteiger partial charge in [-0.1, -0.05) is 6.07 Å². The number of aliphatic carboxylic acids is 1. The van der Waals surface area contributed by atoms with Crippen LogP contribution >= 0.6 is 31.9 Å². The predicted octanol–water partition coefficient (Wildman–Crippen LogP) is 3.59. The van der Waals surface area contributed by atoms with Crippen molar-refractivity contribution in [3.63, 3.8) is 0 Å². The molecule has 0 saturated carbocycles. The monoisotopic (exact) mass is 403 g/mol. The van der Waals surface area contributed by atoms with E-state index in [4.69, 9.17) is 0 Å². The van der Waals surface area contributed by atoms with Gasteiger partial charge in [0.25, 0.3) is 0 Å². The average molecular weight is 405 g/mol. The van der Waals surface area contributed by atoms with E-state index in [0.29, 0.717) is 0 Å². The van der Waals surface area contributed by atoms with Crippen LogP contribution in [0.5, 0.6) is 0 Å². The summed E-state index contributed by atoms with van der Waals surface area (Å²) >= 11 is 6.82. The molecular formula is C14H15Br2NO3. The van der Waals surface area contributed by atoms with Crippen molar-refractivity contribution >= 4 is 43.7 Å². The van der Waals surface area contributed by atoms with Crippen LogP contribution in [0.2, 0.25) is 0 Å². The van der Waals surface area contributed by atoms with Gasteiger partial charge in [0.15, 0.2) is 0 Å². The SMILES string of the molecule is CC(C)N1C(=O)CC(C(=O)O)C1c1ccc(Br)c(Br)c1. The highest BCUT2D eigenvalue weighted by atomic mass is 79.9. The molecule has 2 atom stereocenters. The van der Waals surface area contributed by atoms with Crippen LogP contribution in [0.15, 0.2) is 27.1 Å². The number of halogens is 2. The fourth-order valence-electron chi connectivity index (χ4n) is 2.67. The van der Waals surface area contributed by atoms with E-state index in [1.807, 2.05) is 32.0 Å². The molecular weight excluding hydrogens is 390 g/mol. The molecule has 0 aliphatic carbocycles. The Morgan fingerprint density at radius 1 is 1.35 bits per heavy atom. The van der Waals surface area contributed by atoms with Crippen LogP contribution < -0.4 is 0 Å². The Labute approximate surface area is 134 Å². The Morgan fingerprint density at radius 3 is 2.50 bits per heavy atom. The van der Waals surface area contributed by atoms with E-state index in [0.717, 1.165) is 14.5 Å². The third-order valence-electron chi connectivity index (χ3n) is 3.52. The second kappa shape index (κ2) is 5.85. The van der Waals surface area contributed by atoms with Crippen molar-refractivity contribution in [2.45, 2.75) is 32.4 Å². The summed E-state index contributed by atoms with van der Waals surface area (Å²) in [6, 6.07) is 5.16. The standard InChI is InChI=1S/C14H15Br2NO3/c1-7(2)17-12(18)6-9(14(19)20)13(17)8-3-4-10(15)11(16)5-8/h3-5,7,9,13H,6H2,1-2H3,(H,19,20). The zero-order valence-electron chi connectivity index (χ0n) is 11.1. The maximum atomic E-state index is 12.1. The predicted molar refractivity (Wildman–Crippen MR) is 82.3 cm³/mol. The van der Waals surface area contributed by atoms with E-state index in [9.17, 15) is 14.7 Å². The summed E-state index contributed by atoms with van der Waals surface area (Å²) in [6.07, 6.45) is 0.0614. The van der Waals surface area contributed by atoms with Crippen molar-refractivity contribution in [3.8, 4) is 0 Å². The highest BCUT2D eigenvalue weighted by Crippen LogP contribution is 2.41. The highest BCUT2D eigenvalue weighted by molar-refractivity contribution is 9.13. The maximum absolute atomic E-state index is 12.1. The molecule has 4 nitrogen and oxygen atoms in total. The molecule has 1 aromatic carbocycles. The highest BCUT2D eigenvalue weighted by Gasteiger charge is 2.45. The van der Waals surface area contributed by atoms with Crippen LogP contribution in [0.3, 0.4) is 0 Å². The van der Waals surface area contributed by atoms with Crippen LogP contribution in [0.4, 0.5) is 0 Å². The third-order valence-corrected chi connectivity index (χ3v) is 5.40. The van der Waals surface area contributed by atoms with E-state index in [1.54, 1.807) is 4.90 Å². The average Bonchev–Trinajstić information content (AvgIpc) is 2.70. The molecule has 0 radical (unpaired) electrons. The number of hydrogen-bond donors (Lipinski definition) is 1. The Bertz CT molecular complexity index is 559. The number of carbonyl (C=O) groups is 2. The molecule has 1 aliphatic heterocycles. The first-order valence-electron chi connectivity index (χ1n) is 6.32. The van der Waals surface area contributed by atoms with Crippen molar-refractivity contribution in [2.24, 2.45) is 5.92 Å². The molecule has 6 heteroatoms. The topological polar surface area (TPSA) is 57.6 Å². The smallest absolute Gasteiger partial charge is 0.309 e. The summed E-state index contributed by atoms with van der Waals surface area (Å²) in [5.41, 5.74) is 0.840. The lowest BCUT2D eigenvalue weighted by Crippen LogP contribution is -2.36. The summed E-state index contributed by atoms with van der Waals surface area (Å²) in [5.74, 6) is -1.72. The van der Waals surface area contributed by atoms with Gasteiger partial charge in [0.2, 0.25) is 5.91 Å². The van der Waals surface area contributed by atoms with Gasteiger partial charge in [0, 0.05) is 21.4 Å². The number of nitrogens with zero attached hydrogens (tertiary/aromatic N) is 1. The van der Waals surface area contributed by atoms with E-state index in [-0.39, 0.29) is 18.4 Å². The molecule has 1 N–H and O–H groups in total. The lowest BCUT2D eigenvalue weighted by molar-refractivity contribution is -0.142. The van der Waals surface area contributed by atoms with Crippen molar-refractivity contribution in [1.29, 1.82) is 0 Å². The van der Waals surface area contributed by atoms with Gasteiger partial charge in [-0.2, -0.15) is 0 Å². The molecule has 1 amide bonds. The quantitative estimate of drug-likeness (QED) is 0.837. The summed E-state index contributed by atoms with van der Waals surface area (Å²) in [4.78, 5) is 25.2. The van der Waals surface area contributed by atoms with Gasteiger partial charge >= 0.3 is 5.97 Å². The molecule has 1 heterocycles. The largest absolute Gasteiger partial charge is 0.481 e. The third kappa shape index (κ3) is 2.76. The minimum absolute atomic E-state index is 0.0285. The Morgan fingerprint density at radius 2 is 2.00 bits per heavy atom. The van der Waals surface area contributed by atoms with Crippen LogP contribution in [0.25, 0.3) is 0 Å². The zero-order valence-corrected chi connectivity index (χ0v) is 14.3. The normalized spacial score (nSPS) is 22.6. The summed E-state index contributed by atoms with van der Waals surface area (Å²) < 4.78 is 1.75. The molecule has 1 aliphatic rings. The van der Waals surface area contributed by atoms with Crippen molar-refractivity contribution in [3.05, 3.63) is 32.7 Å². The molecule has 1 saturated heterocycles. The molecule has 0 spiro atoms. The first-order chi connectivity index (χ1) is 9.32. The van der Waals surface area contributed by atoms with Gasteiger partial charge in [0.05, 0.1) is 12.0 Å². The summed E-state index contributed by atoms with van der Waals surface area (Å²) in [6.45, 7) is 3.81. The second-order valence-electron chi connectivity index (χ2n) is 5.16. The first kappa shape index (κ1) is 15.5. The van der Waals surface area contributed by atoms with Crippen molar-refractivity contribution < 1.29 is 14.7 Å². The molecule has 0 bridgehead atoms. The summed E-state index contributed by atoms with van der Waals surface area (Å²) in [7, 11) is 0. The van der Waals surface area contributed by atoms with E-state index in [1.165, 1.54) is 0 Å². The number of rotatable bonds is 3. The minimum Gasteiger partial charge on any atom is -0.481 e.